The SMILES string of the molecule is CNc1nc(-c2ncc(C)cn2)nc(C(C)C)c1Br. The molecule has 5 nitrogen and oxygen atoms in total. The van der Waals surface area contributed by atoms with Gasteiger partial charge < -0.3 is 5.32 Å². The summed E-state index contributed by atoms with van der Waals surface area (Å²) in [5.74, 6) is 2.11. The highest BCUT2D eigenvalue weighted by atomic mass is 79.9. The first-order valence-electron chi connectivity index (χ1n) is 6.07. The number of hydrogen-bond acceptors (Lipinski definition) is 5. The number of rotatable bonds is 3. The normalized spacial score (nSPS) is 10.8. The van der Waals surface area contributed by atoms with Gasteiger partial charge in [0.15, 0.2) is 11.6 Å². The van der Waals surface area contributed by atoms with E-state index in [1.165, 1.54) is 0 Å². The number of halogens is 1. The Kier molecular flexibility index (Phi) is 4.09. The van der Waals surface area contributed by atoms with Crippen LogP contribution in [0.4, 0.5) is 5.82 Å². The third kappa shape index (κ3) is 2.89. The zero-order chi connectivity index (χ0) is 14.0. The molecule has 0 bridgehead atoms. The Morgan fingerprint density at radius 1 is 1.11 bits per heavy atom. The lowest BCUT2D eigenvalue weighted by Crippen LogP contribution is -2.06. The number of aromatic nitrogens is 4. The van der Waals surface area contributed by atoms with Crippen molar-refractivity contribution in [1.82, 2.24) is 19.9 Å². The van der Waals surface area contributed by atoms with E-state index >= 15 is 0 Å². The van der Waals surface area contributed by atoms with Crippen LogP contribution < -0.4 is 5.32 Å². The van der Waals surface area contributed by atoms with Gasteiger partial charge in [-0.2, -0.15) is 0 Å². The summed E-state index contributed by atoms with van der Waals surface area (Å²) in [6, 6.07) is 0. The molecule has 0 aliphatic carbocycles. The van der Waals surface area contributed by atoms with Gasteiger partial charge in [-0.3, -0.25) is 0 Å². The minimum Gasteiger partial charge on any atom is -0.372 e. The lowest BCUT2D eigenvalue weighted by molar-refractivity contribution is 0.807. The zero-order valence-corrected chi connectivity index (χ0v) is 13.0. The zero-order valence-electron chi connectivity index (χ0n) is 11.4. The molecule has 0 radical (unpaired) electrons. The largest absolute Gasteiger partial charge is 0.372 e. The van der Waals surface area contributed by atoms with E-state index in [1.54, 1.807) is 12.4 Å². The summed E-state index contributed by atoms with van der Waals surface area (Å²) >= 11 is 3.53. The van der Waals surface area contributed by atoms with E-state index in [1.807, 2.05) is 14.0 Å². The maximum Gasteiger partial charge on any atom is 0.200 e. The van der Waals surface area contributed by atoms with Crippen LogP contribution in [0.5, 0.6) is 0 Å². The van der Waals surface area contributed by atoms with E-state index in [0.29, 0.717) is 11.6 Å². The van der Waals surface area contributed by atoms with E-state index in [0.717, 1.165) is 21.5 Å². The topological polar surface area (TPSA) is 63.6 Å². The predicted octanol–water partition coefficient (Wildman–Crippen LogP) is 3.17. The summed E-state index contributed by atoms with van der Waals surface area (Å²) < 4.78 is 0.890. The third-order valence-corrected chi connectivity index (χ3v) is 3.42. The molecular formula is C13H16BrN5. The van der Waals surface area contributed by atoms with Crippen LogP contribution in [0.25, 0.3) is 11.6 Å². The molecular weight excluding hydrogens is 306 g/mol. The Hall–Kier alpha value is -1.56. The van der Waals surface area contributed by atoms with Crippen LogP contribution in [-0.2, 0) is 0 Å². The Labute approximate surface area is 121 Å². The van der Waals surface area contributed by atoms with Crippen molar-refractivity contribution in [2.75, 3.05) is 12.4 Å². The molecule has 0 unspecified atom stereocenters. The first kappa shape index (κ1) is 13.9. The highest BCUT2D eigenvalue weighted by Crippen LogP contribution is 2.30. The van der Waals surface area contributed by atoms with Crippen LogP contribution in [0.2, 0.25) is 0 Å². The molecule has 2 rings (SSSR count). The second-order valence-corrected chi connectivity index (χ2v) is 5.38. The molecule has 0 atom stereocenters. The lowest BCUT2D eigenvalue weighted by atomic mass is 10.1. The number of aryl methyl sites for hydroxylation is 1. The van der Waals surface area contributed by atoms with Crippen molar-refractivity contribution in [2.45, 2.75) is 26.7 Å². The fourth-order valence-corrected chi connectivity index (χ4v) is 2.45. The standard InChI is InChI=1S/C13H16BrN5/c1-7(2)10-9(14)11(15-4)19-13(18-10)12-16-5-8(3)6-17-12/h5-7H,1-4H3,(H,15,18,19). The maximum absolute atomic E-state index is 4.56. The molecule has 100 valence electrons. The second kappa shape index (κ2) is 5.61. The fourth-order valence-electron chi connectivity index (χ4n) is 1.62. The van der Waals surface area contributed by atoms with E-state index in [-0.39, 0.29) is 5.92 Å². The number of hydrogen-bond donors (Lipinski definition) is 1. The molecule has 19 heavy (non-hydrogen) atoms. The molecule has 6 heteroatoms. The van der Waals surface area contributed by atoms with E-state index in [4.69, 9.17) is 0 Å². The van der Waals surface area contributed by atoms with Crippen LogP contribution in [0.3, 0.4) is 0 Å². The Morgan fingerprint density at radius 3 is 2.26 bits per heavy atom. The van der Waals surface area contributed by atoms with Gasteiger partial charge in [-0.15, -0.1) is 0 Å². The predicted molar refractivity (Wildman–Crippen MR) is 79.1 cm³/mol. The van der Waals surface area contributed by atoms with Crippen molar-refractivity contribution in [3.63, 3.8) is 0 Å². The maximum atomic E-state index is 4.56. The second-order valence-electron chi connectivity index (χ2n) is 4.58. The van der Waals surface area contributed by atoms with Crippen molar-refractivity contribution in [3.05, 3.63) is 28.1 Å². The Balaban J connectivity index is 2.57. The summed E-state index contributed by atoms with van der Waals surface area (Å²) in [7, 11) is 1.83. The molecule has 0 fully saturated rings. The molecule has 2 heterocycles. The average molecular weight is 322 g/mol. The number of nitrogens with one attached hydrogen (secondary N) is 1. The van der Waals surface area contributed by atoms with E-state index < -0.39 is 0 Å². The average Bonchev–Trinajstić information content (AvgIpc) is 2.39. The molecule has 0 aliphatic rings. The molecule has 0 spiro atoms. The summed E-state index contributed by atoms with van der Waals surface area (Å²) in [6.07, 6.45) is 3.53. The lowest BCUT2D eigenvalue weighted by Gasteiger charge is -2.12. The van der Waals surface area contributed by atoms with Gasteiger partial charge in [0, 0.05) is 19.4 Å². The Bertz CT molecular complexity index is 580. The monoisotopic (exact) mass is 321 g/mol. The van der Waals surface area contributed by atoms with Gasteiger partial charge in [0.05, 0.1) is 10.2 Å². The van der Waals surface area contributed by atoms with Crippen molar-refractivity contribution in [3.8, 4) is 11.6 Å². The smallest absolute Gasteiger partial charge is 0.200 e. The van der Waals surface area contributed by atoms with E-state index in [9.17, 15) is 0 Å². The summed E-state index contributed by atoms with van der Waals surface area (Å²) in [5, 5.41) is 3.06. The van der Waals surface area contributed by atoms with Crippen LogP contribution in [-0.4, -0.2) is 27.0 Å². The molecule has 2 aromatic rings. The van der Waals surface area contributed by atoms with Crippen molar-refractivity contribution < 1.29 is 0 Å². The summed E-state index contributed by atoms with van der Waals surface area (Å²) in [4.78, 5) is 17.5. The summed E-state index contributed by atoms with van der Waals surface area (Å²) in [6.45, 7) is 6.13. The molecule has 0 amide bonds. The molecule has 0 aromatic carbocycles. The number of nitrogens with zero attached hydrogens (tertiary/aromatic N) is 4. The van der Waals surface area contributed by atoms with Gasteiger partial charge in [-0.1, -0.05) is 13.8 Å². The van der Waals surface area contributed by atoms with Crippen molar-refractivity contribution in [2.24, 2.45) is 0 Å². The van der Waals surface area contributed by atoms with Crippen LogP contribution in [0.15, 0.2) is 16.9 Å². The molecule has 2 aromatic heterocycles. The first-order chi connectivity index (χ1) is 9.02. The molecule has 0 saturated heterocycles. The van der Waals surface area contributed by atoms with Crippen LogP contribution in [0.1, 0.15) is 31.0 Å². The minimum atomic E-state index is 0.286. The van der Waals surface area contributed by atoms with Crippen molar-refractivity contribution in [1.29, 1.82) is 0 Å². The Morgan fingerprint density at radius 2 is 1.74 bits per heavy atom. The van der Waals surface area contributed by atoms with Gasteiger partial charge in [-0.25, -0.2) is 19.9 Å². The van der Waals surface area contributed by atoms with Gasteiger partial charge in [0.1, 0.15) is 5.82 Å². The van der Waals surface area contributed by atoms with Gasteiger partial charge in [-0.05, 0) is 34.3 Å². The van der Waals surface area contributed by atoms with Gasteiger partial charge in [0.25, 0.3) is 0 Å². The minimum absolute atomic E-state index is 0.286. The van der Waals surface area contributed by atoms with Crippen LogP contribution >= 0.6 is 15.9 Å². The molecule has 0 saturated carbocycles. The van der Waals surface area contributed by atoms with E-state index in [2.05, 4.69) is 55.0 Å². The van der Waals surface area contributed by atoms with Crippen LogP contribution in [0, 0.1) is 6.92 Å². The summed E-state index contributed by atoms with van der Waals surface area (Å²) in [5.41, 5.74) is 1.96. The van der Waals surface area contributed by atoms with Gasteiger partial charge in [0.2, 0.25) is 0 Å². The third-order valence-electron chi connectivity index (χ3n) is 2.64. The van der Waals surface area contributed by atoms with Gasteiger partial charge >= 0.3 is 0 Å². The highest BCUT2D eigenvalue weighted by molar-refractivity contribution is 9.10. The quantitative estimate of drug-likeness (QED) is 0.940. The van der Waals surface area contributed by atoms with Crippen molar-refractivity contribution >= 4 is 21.7 Å². The molecule has 1 N–H and O–H groups in total. The highest BCUT2D eigenvalue weighted by Gasteiger charge is 2.16. The fraction of sp³-hybridized carbons (Fsp3) is 0.385. The molecule has 0 aliphatic heterocycles. The number of anilines is 1. The first-order valence-corrected chi connectivity index (χ1v) is 6.86.